The van der Waals surface area contributed by atoms with Crippen LogP contribution in [0.25, 0.3) is 0 Å². The van der Waals surface area contributed by atoms with Crippen LogP contribution in [0, 0.1) is 0 Å². The molecule has 1 aromatic rings. The fourth-order valence-electron chi connectivity index (χ4n) is 3.87. The highest BCUT2D eigenvalue weighted by atomic mass is 16.7. The third-order valence-electron chi connectivity index (χ3n) is 6.15. The number of methoxy groups -OCH3 is 1. The van der Waals surface area contributed by atoms with Crippen molar-refractivity contribution >= 4 is 18.7 Å². The molecule has 1 aliphatic heterocycles. The van der Waals surface area contributed by atoms with Crippen LogP contribution in [-0.2, 0) is 19.6 Å². The molecule has 0 unspecified atom stereocenters. The van der Waals surface area contributed by atoms with E-state index in [9.17, 15) is 4.79 Å². The molecule has 1 aliphatic carbocycles. The van der Waals surface area contributed by atoms with Crippen LogP contribution in [0.3, 0.4) is 0 Å². The molecule has 0 spiro atoms. The largest absolute Gasteiger partial charge is 0.494 e. The Balaban J connectivity index is 1.87. The zero-order valence-corrected chi connectivity index (χ0v) is 17.9. The highest BCUT2D eigenvalue weighted by molar-refractivity contribution is 6.62. The SMILES string of the molecule is COC(=O)N(C(C)(C)C)C1(c2ccc(B3OC(C)(C)C(C)(C)O3)cc2)CC1. The zero-order valence-electron chi connectivity index (χ0n) is 17.9. The standard InChI is InChI=1S/C21H32BNO4/c1-18(2,3)23(17(24)25-8)21(13-14-21)15-9-11-16(12-10-15)22-26-19(4,5)20(6,7)27-22/h9-12H,13-14H2,1-8H3. The summed E-state index contributed by atoms with van der Waals surface area (Å²) in [5, 5.41) is 0. The highest BCUT2D eigenvalue weighted by Crippen LogP contribution is 2.53. The molecule has 2 aliphatic rings. The summed E-state index contributed by atoms with van der Waals surface area (Å²) < 4.78 is 17.4. The molecular weight excluding hydrogens is 341 g/mol. The molecule has 27 heavy (non-hydrogen) atoms. The third kappa shape index (κ3) is 3.38. The first kappa shape index (κ1) is 20.2. The highest BCUT2D eigenvalue weighted by Gasteiger charge is 2.56. The Morgan fingerprint density at radius 3 is 1.89 bits per heavy atom. The Bertz CT molecular complexity index is 701. The lowest BCUT2D eigenvalue weighted by atomic mass is 9.78. The van der Waals surface area contributed by atoms with Crippen molar-refractivity contribution in [3.63, 3.8) is 0 Å². The van der Waals surface area contributed by atoms with Gasteiger partial charge >= 0.3 is 13.2 Å². The van der Waals surface area contributed by atoms with E-state index in [4.69, 9.17) is 14.0 Å². The third-order valence-corrected chi connectivity index (χ3v) is 6.15. The van der Waals surface area contributed by atoms with E-state index in [1.807, 2.05) is 25.7 Å². The molecule has 1 aromatic carbocycles. The number of carbonyl (C=O) groups excluding carboxylic acids is 1. The first-order valence-corrected chi connectivity index (χ1v) is 9.68. The minimum absolute atomic E-state index is 0.282. The molecule has 1 saturated heterocycles. The van der Waals surface area contributed by atoms with Gasteiger partial charge in [-0.2, -0.15) is 0 Å². The van der Waals surface area contributed by atoms with Crippen molar-refractivity contribution in [2.24, 2.45) is 0 Å². The van der Waals surface area contributed by atoms with Crippen molar-refractivity contribution in [2.45, 2.75) is 83.6 Å². The Kier molecular flexibility index (Phi) is 4.68. The van der Waals surface area contributed by atoms with Gasteiger partial charge in [-0.25, -0.2) is 4.79 Å². The van der Waals surface area contributed by atoms with Crippen LogP contribution < -0.4 is 5.46 Å². The number of amides is 1. The molecule has 148 valence electrons. The number of hydrogen-bond acceptors (Lipinski definition) is 4. The summed E-state index contributed by atoms with van der Waals surface area (Å²) in [6.07, 6.45) is 1.60. The van der Waals surface area contributed by atoms with Gasteiger partial charge in [-0.15, -0.1) is 0 Å². The number of benzene rings is 1. The number of nitrogens with zero attached hydrogens (tertiary/aromatic N) is 1. The van der Waals surface area contributed by atoms with Gasteiger partial charge in [-0.3, -0.25) is 4.90 Å². The topological polar surface area (TPSA) is 48.0 Å². The Morgan fingerprint density at radius 2 is 1.52 bits per heavy atom. The normalized spacial score (nSPS) is 22.4. The minimum atomic E-state index is -0.376. The summed E-state index contributed by atoms with van der Waals surface area (Å²) in [6, 6.07) is 8.29. The Hall–Kier alpha value is -1.53. The van der Waals surface area contributed by atoms with Gasteiger partial charge in [0.05, 0.1) is 23.9 Å². The van der Waals surface area contributed by atoms with Crippen molar-refractivity contribution in [1.29, 1.82) is 0 Å². The fraction of sp³-hybridized carbons (Fsp3) is 0.667. The van der Waals surface area contributed by atoms with Crippen molar-refractivity contribution in [3.8, 4) is 0 Å². The second-order valence-corrected chi connectivity index (χ2v) is 9.72. The number of hydrogen-bond donors (Lipinski definition) is 0. The van der Waals surface area contributed by atoms with E-state index >= 15 is 0 Å². The van der Waals surface area contributed by atoms with Crippen LogP contribution >= 0.6 is 0 Å². The maximum absolute atomic E-state index is 12.5. The number of ether oxygens (including phenoxy) is 1. The van der Waals surface area contributed by atoms with Crippen LogP contribution in [0.1, 0.15) is 66.9 Å². The van der Waals surface area contributed by atoms with E-state index in [2.05, 4.69) is 52.0 Å². The second kappa shape index (κ2) is 6.24. The van der Waals surface area contributed by atoms with Crippen LogP contribution in [0.4, 0.5) is 4.79 Å². The maximum Gasteiger partial charge on any atom is 0.494 e. The molecule has 1 heterocycles. The summed E-state index contributed by atoms with van der Waals surface area (Å²) >= 11 is 0. The van der Waals surface area contributed by atoms with Gasteiger partial charge in [-0.1, -0.05) is 24.3 Å². The smallest absolute Gasteiger partial charge is 0.453 e. The molecular formula is C21H32BNO4. The molecule has 2 fully saturated rings. The number of carbonyl (C=O) groups is 1. The lowest BCUT2D eigenvalue weighted by Crippen LogP contribution is -2.52. The molecule has 0 aromatic heterocycles. The van der Waals surface area contributed by atoms with Gasteiger partial charge in [0.15, 0.2) is 0 Å². The quantitative estimate of drug-likeness (QED) is 0.756. The first-order valence-electron chi connectivity index (χ1n) is 9.68. The predicted molar refractivity (Wildman–Crippen MR) is 107 cm³/mol. The summed E-state index contributed by atoms with van der Waals surface area (Å²) in [6.45, 7) is 14.3. The first-order chi connectivity index (χ1) is 12.3. The van der Waals surface area contributed by atoms with E-state index in [-0.39, 0.29) is 35.5 Å². The molecule has 5 nitrogen and oxygen atoms in total. The zero-order chi connectivity index (χ0) is 20.3. The summed E-state index contributed by atoms with van der Waals surface area (Å²) in [7, 11) is 1.07. The fourth-order valence-corrected chi connectivity index (χ4v) is 3.87. The van der Waals surface area contributed by atoms with Gasteiger partial charge in [-0.05, 0) is 72.3 Å². The van der Waals surface area contributed by atoms with Crippen molar-refractivity contribution < 1.29 is 18.8 Å². The second-order valence-electron chi connectivity index (χ2n) is 9.72. The van der Waals surface area contributed by atoms with Gasteiger partial charge in [0.25, 0.3) is 0 Å². The van der Waals surface area contributed by atoms with E-state index in [0.29, 0.717) is 0 Å². The van der Waals surface area contributed by atoms with Gasteiger partial charge in [0.2, 0.25) is 0 Å². The monoisotopic (exact) mass is 373 g/mol. The molecule has 1 saturated carbocycles. The molecule has 3 rings (SSSR count). The Labute approximate surface area is 163 Å². The maximum atomic E-state index is 12.5. The molecule has 6 heteroatoms. The Morgan fingerprint density at radius 1 is 1.04 bits per heavy atom. The van der Waals surface area contributed by atoms with Crippen LogP contribution in [0.2, 0.25) is 0 Å². The van der Waals surface area contributed by atoms with E-state index in [1.165, 1.54) is 7.11 Å². The van der Waals surface area contributed by atoms with Gasteiger partial charge in [0, 0.05) is 5.54 Å². The van der Waals surface area contributed by atoms with E-state index in [1.54, 1.807) is 0 Å². The lowest BCUT2D eigenvalue weighted by molar-refractivity contribution is 0.00578. The van der Waals surface area contributed by atoms with E-state index in [0.717, 1.165) is 23.9 Å². The molecule has 0 N–H and O–H groups in total. The number of rotatable bonds is 3. The van der Waals surface area contributed by atoms with Crippen molar-refractivity contribution in [1.82, 2.24) is 4.90 Å². The molecule has 1 amide bonds. The van der Waals surface area contributed by atoms with Crippen molar-refractivity contribution in [2.75, 3.05) is 7.11 Å². The van der Waals surface area contributed by atoms with Crippen LogP contribution in [-0.4, -0.2) is 42.0 Å². The predicted octanol–water partition coefficient (Wildman–Crippen LogP) is 3.84. The molecule has 0 radical (unpaired) electrons. The molecule has 0 atom stereocenters. The van der Waals surface area contributed by atoms with Crippen LogP contribution in [0.5, 0.6) is 0 Å². The van der Waals surface area contributed by atoms with Gasteiger partial charge in [0.1, 0.15) is 0 Å². The summed E-state index contributed by atoms with van der Waals surface area (Å²) in [5.41, 5.74) is 0.786. The lowest BCUT2D eigenvalue weighted by Gasteiger charge is -2.41. The summed E-state index contributed by atoms with van der Waals surface area (Å²) in [5.74, 6) is 0. The van der Waals surface area contributed by atoms with E-state index < -0.39 is 0 Å². The molecule has 0 bridgehead atoms. The van der Waals surface area contributed by atoms with Crippen molar-refractivity contribution in [3.05, 3.63) is 29.8 Å². The van der Waals surface area contributed by atoms with Crippen LogP contribution in [0.15, 0.2) is 24.3 Å². The van der Waals surface area contributed by atoms with Gasteiger partial charge < -0.3 is 14.0 Å². The minimum Gasteiger partial charge on any atom is -0.453 e. The average Bonchev–Trinajstić information content (AvgIpc) is 3.29. The average molecular weight is 373 g/mol. The summed E-state index contributed by atoms with van der Waals surface area (Å²) in [4.78, 5) is 14.4.